The summed E-state index contributed by atoms with van der Waals surface area (Å²) in [5.41, 5.74) is 0. The Morgan fingerprint density at radius 3 is 2.75 bits per heavy atom. The number of nitrogens with zero attached hydrogens (tertiary/aromatic N) is 2. The first-order chi connectivity index (χ1) is 5.74. The molecule has 0 spiro atoms. The van der Waals surface area contributed by atoms with E-state index < -0.39 is 0 Å². The Balaban J connectivity index is 2.21. The van der Waals surface area contributed by atoms with Gasteiger partial charge in [-0.3, -0.25) is 0 Å². The van der Waals surface area contributed by atoms with Gasteiger partial charge in [0.05, 0.1) is 0 Å². The summed E-state index contributed by atoms with van der Waals surface area (Å²) in [6.45, 7) is 7.27. The molecule has 1 aliphatic rings. The van der Waals surface area contributed by atoms with E-state index in [2.05, 4.69) is 39.7 Å². The molecule has 0 aliphatic carbocycles. The number of piperazine rings is 1. The highest BCUT2D eigenvalue weighted by molar-refractivity contribution is 9.09. The van der Waals surface area contributed by atoms with Gasteiger partial charge in [-0.15, -0.1) is 0 Å². The number of hydrogen-bond donors (Lipinski definition) is 0. The van der Waals surface area contributed by atoms with E-state index in [-0.39, 0.29) is 0 Å². The fraction of sp³-hybridized carbons (Fsp3) is 1.00. The molecule has 12 heavy (non-hydrogen) atoms. The zero-order valence-electron chi connectivity index (χ0n) is 8.09. The van der Waals surface area contributed by atoms with Crippen LogP contribution in [0.5, 0.6) is 0 Å². The van der Waals surface area contributed by atoms with Crippen molar-refractivity contribution >= 4 is 15.9 Å². The van der Waals surface area contributed by atoms with E-state index in [1.165, 1.54) is 32.6 Å². The molecular weight excluding hydrogens is 216 g/mol. The van der Waals surface area contributed by atoms with Crippen molar-refractivity contribution in [2.24, 2.45) is 0 Å². The van der Waals surface area contributed by atoms with Crippen LogP contribution in [0.15, 0.2) is 0 Å². The van der Waals surface area contributed by atoms with E-state index in [1.807, 2.05) is 0 Å². The van der Waals surface area contributed by atoms with Gasteiger partial charge in [0.15, 0.2) is 0 Å². The summed E-state index contributed by atoms with van der Waals surface area (Å²) in [5, 5.41) is 1.13. The van der Waals surface area contributed by atoms with Gasteiger partial charge >= 0.3 is 0 Å². The zero-order valence-corrected chi connectivity index (χ0v) is 9.68. The lowest BCUT2D eigenvalue weighted by molar-refractivity contribution is 0.106. The molecule has 1 atom stereocenters. The summed E-state index contributed by atoms with van der Waals surface area (Å²) < 4.78 is 0. The Morgan fingerprint density at radius 1 is 1.42 bits per heavy atom. The molecule has 0 aromatic rings. The Labute approximate surface area is 84.0 Å². The van der Waals surface area contributed by atoms with E-state index >= 15 is 0 Å². The van der Waals surface area contributed by atoms with Crippen LogP contribution in [0.25, 0.3) is 0 Å². The number of halogens is 1. The van der Waals surface area contributed by atoms with Gasteiger partial charge in [0.1, 0.15) is 0 Å². The van der Waals surface area contributed by atoms with Gasteiger partial charge in [0, 0.05) is 31.0 Å². The molecule has 0 radical (unpaired) electrons. The number of alkyl halides is 1. The van der Waals surface area contributed by atoms with E-state index in [9.17, 15) is 0 Å². The van der Waals surface area contributed by atoms with Crippen molar-refractivity contribution in [1.82, 2.24) is 9.80 Å². The highest BCUT2D eigenvalue weighted by Gasteiger charge is 2.19. The molecule has 1 saturated heterocycles. The maximum absolute atomic E-state index is 3.47. The molecule has 2 nitrogen and oxygen atoms in total. The Kier molecular flexibility index (Phi) is 4.54. The van der Waals surface area contributed by atoms with Gasteiger partial charge in [0.2, 0.25) is 0 Å². The third-order valence-corrected chi connectivity index (χ3v) is 3.21. The quantitative estimate of drug-likeness (QED) is 0.682. The molecule has 3 heteroatoms. The molecule has 1 fully saturated rings. The van der Waals surface area contributed by atoms with Crippen molar-refractivity contribution in [3.8, 4) is 0 Å². The molecule has 0 bridgehead atoms. The summed E-state index contributed by atoms with van der Waals surface area (Å²) in [6, 6.07) is 0.731. The van der Waals surface area contributed by atoms with Gasteiger partial charge in [-0.2, -0.15) is 0 Å². The first-order valence-electron chi connectivity index (χ1n) is 4.72. The van der Waals surface area contributed by atoms with Crippen LogP contribution in [0, 0.1) is 0 Å². The smallest absolute Gasteiger partial charge is 0.0192 e. The van der Waals surface area contributed by atoms with Crippen LogP contribution in [-0.4, -0.2) is 54.4 Å². The van der Waals surface area contributed by atoms with Crippen molar-refractivity contribution < 1.29 is 0 Å². The van der Waals surface area contributed by atoms with Crippen LogP contribution in [0.2, 0.25) is 0 Å². The summed E-state index contributed by atoms with van der Waals surface area (Å²) in [5.74, 6) is 0. The number of rotatable bonds is 3. The Bertz CT molecular complexity index is 128. The second kappa shape index (κ2) is 5.20. The van der Waals surface area contributed by atoms with E-state index in [0.29, 0.717) is 0 Å². The molecule has 1 heterocycles. The van der Waals surface area contributed by atoms with Crippen molar-refractivity contribution in [3.63, 3.8) is 0 Å². The van der Waals surface area contributed by atoms with Gasteiger partial charge in [-0.1, -0.05) is 15.9 Å². The molecule has 0 amide bonds. The van der Waals surface area contributed by atoms with Crippen LogP contribution < -0.4 is 0 Å². The Morgan fingerprint density at radius 2 is 2.17 bits per heavy atom. The van der Waals surface area contributed by atoms with Crippen molar-refractivity contribution in [1.29, 1.82) is 0 Å². The minimum Gasteiger partial charge on any atom is -0.301 e. The van der Waals surface area contributed by atoms with E-state index in [0.717, 1.165) is 11.4 Å². The van der Waals surface area contributed by atoms with Crippen LogP contribution in [0.1, 0.15) is 13.3 Å². The average molecular weight is 235 g/mol. The largest absolute Gasteiger partial charge is 0.301 e. The van der Waals surface area contributed by atoms with E-state index in [1.54, 1.807) is 0 Å². The van der Waals surface area contributed by atoms with Crippen LogP contribution >= 0.6 is 15.9 Å². The molecule has 1 rings (SSSR count). The predicted molar refractivity (Wildman–Crippen MR) is 56.9 cm³/mol. The fourth-order valence-electron chi connectivity index (χ4n) is 1.61. The molecule has 1 unspecified atom stereocenters. The van der Waals surface area contributed by atoms with Gasteiger partial charge < -0.3 is 9.80 Å². The minimum atomic E-state index is 0.731. The Hall–Kier alpha value is 0.400. The second-order valence-corrected chi connectivity index (χ2v) is 4.47. The standard InChI is InChI=1S/C9H19BrN2/c1-9-8-12(5-3-4-10)7-6-11(9)2/h9H,3-8H2,1-2H3. The van der Waals surface area contributed by atoms with Gasteiger partial charge in [0.25, 0.3) is 0 Å². The lowest BCUT2D eigenvalue weighted by Gasteiger charge is -2.37. The van der Waals surface area contributed by atoms with Crippen molar-refractivity contribution in [3.05, 3.63) is 0 Å². The first kappa shape index (κ1) is 10.5. The van der Waals surface area contributed by atoms with E-state index in [4.69, 9.17) is 0 Å². The lowest BCUT2D eigenvalue weighted by Crippen LogP contribution is -2.50. The maximum Gasteiger partial charge on any atom is 0.0192 e. The summed E-state index contributed by atoms with van der Waals surface area (Å²) >= 11 is 3.47. The maximum atomic E-state index is 3.47. The topological polar surface area (TPSA) is 6.48 Å². The van der Waals surface area contributed by atoms with Crippen molar-refractivity contribution in [2.45, 2.75) is 19.4 Å². The first-order valence-corrected chi connectivity index (χ1v) is 5.84. The third kappa shape index (κ3) is 3.04. The molecule has 0 saturated carbocycles. The second-order valence-electron chi connectivity index (χ2n) is 3.67. The number of hydrogen-bond acceptors (Lipinski definition) is 2. The van der Waals surface area contributed by atoms with Crippen LogP contribution in [0.3, 0.4) is 0 Å². The predicted octanol–water partition coefficient (Wildman–Crippen LogP) is 1.41. The molecular formula is C9H19BrN2. The summed E-state index contributed by atoms with van der Waals surface area (Å²) in [7, 11) is 2.21. The number of likely N-dealkylation sites (N-methyl/N-ethyl adjacent to an activating group) is 1. The average Bonchev–Trinajstić information content (AvgIpc) is 2.07. The molecule has 1 aliphatic heterocycles. The lowest BCUT2D eigenvalue weighted by atomic mass is 10.2. The zero-order chi connectivity index (χ0) is 8.97. The normalized spacial score (nSPS) is 27.8. The van der Waals surface area contributed by atoms with Gasteiger partial charge in [-0.25, -0.2) is 0 Å². The molecule has 0 N–H and O–H groups in total. The van der Waals surface area contributed by atoms with Crippen molar-refractivity contribution in [2.75, 3.05) is 38.6 Å². The third-order valence-electron chi connectivity index (χ3n) is 2.65. The summed E-state index contributed by atoms with van der Waals surface area (Å²) in [4.78, 5) is 5.00. The van der Waals surface area contributed by atoms with Crippen LogP contribution in [0.4, 0.5) is 0 Å². The molecule has 0 aromatic carbocycles. The monoisotopic (exact) mass is 234 g/mol. The highest BCUT2D eigenvalue weighted by atomic mass is 79.9. The van der Waals surface area contributed by atoms with Crippen LogP contribution in [-0.2, 0) is 0 Å². The molecule has 0 aromatic heterocycles. The highest BCUT2D eigenvalue weighted by Crippen LogP contribution is 2.07. The van der Waals surface area contributed by atoms with Gasteiger partial charge in [-0.05, 0) is 26.9 Å². The fourth-order valence-corrected chi connectivity index (χ4v) is 1.86. The summed E-state index contributed by atoms with van der Waals surface area (Å²) in [6.07, 6.45) is 1.27. The SMILES string of the molecule is CC1CN(CCCBr)CCN1C. The molecule has 72 valence electrons. The minimum absolute atomic E-state index is 0.731.